The zero-order valence-electron chi connectivity index (χ0n) is 14.4. The molecule has 3 fully saturated rings. The zero-order valence-corrected chi connectivity index (χ0v) is 15.2. The molecule has 1 saturated heterocycles. The fourth-order valence-corrected chi connectivity index (χ4v) is 5.83. The van der Waals surface area contributed by atoms with Gasteiger partial charge in [0.2, 0.25) is 11.8 Å². The van der Waals surface area contributed by atoms with E-state index < -0.39 is 15.3 Å². The van der Waals surface area contributed by atoms with Gasteiger partial charge in [-0.3, -0.25) is 9.59 Å². The summed E-state index contributed by atoms with van der Waals surface area (Å²) < 4.78 is 23.5. The van der Waals surface area contributed by atoms with Crippen LogP contribution in [-0.4, -0.2) is 55.3 Å². The van der Waals surface area contributed by atoms with E-state index >= 15 is 0 Å². The van der Waals surface area contributed by atoms with Crippen LogP contribution in [-0.2, 0) is 19.4 Å². The molecule has 2 aliphatic carbocycles. The van der Waals surface area contributed by atoms with Gasteiger partial charge in [0.25, 0.3) is 0 Å². The molecule has 2 amide bonds. The topological polar surface area (TPSA) is 83.6 Å². The molecule has 0 bridgehead atoms. The molecule has 1 N–H and O–H groups in total. The van der Waals surface area contributed by atoms with Gasteiger partial charge in [0.15, 0.2) is 9.84 Å². The van der Waals surface area contributed by atoms with Crippen molar-refractivity contribution in [2.75, 3.05) is 18.1 Å². The highest BCUT2D eigenvalue weighted by Crippen LogP contribution is 2.48. The lowest BCUT2D eigenvalue weighted by Gasteiger charge is -2.31. The third-order valence-electron chi connectivity index (χ3n) is 5.79. The number of hydrogen-bond acceptors (Lipinski definition) is 4. The minimum atomic E-state index is -3.05. The Hall–Kier alpha value is -1.11. The van der Waals surface area contributed by atoms with Crippen molar-refractivity contribution in [2.45, 2.75) is 70.4 Å². The molecular weight excluding hydrogens is 328 g/mol. The van der Waals surface area contributed by atoms with Crippen molar-refractivity contribution < 1.29 is 18.0 Å². The maximum Gasteiger partial charge on any atom is 0.238 e. The maximum absolute atomic E-state index is 13.0. The molecule has 3 rings (SSSR count). The Morgan fingerprint density at radius 2 is 1.79 bits per heavy atom. The third kappa shape index (κ3) is 3.46. The van der Waals surface area contributed by atoms with Crippen LogP contribution in [0.2, 0.25) is 0 Å². The van der Waals surface area contributed by atoms with Crippen molar-refractivity contribution in [1.82, 2.24) is 10.2 Å². The first-order valence-corrected chi connectivity index (χ1v) is 11.0. The molecule has 6 nitrogen and oxygen atoms in total. The fraction of sp³-hybridized carbons (Fsp3) is 0.882. The lowest BCUT2D eigenvalue weighted by molar-refractivity contribution is -0.145. The lowest BCUT2D eigenvalue weighted by Crippen LogP contribution is -2.51. The van der Waals surface area contributed by atoms with Crippen LogP contribution >= 0.6 is 0 Å². The van der Waals surface area contributed by atoms with Gasteiger partial charge in [0.1, 0.15) is 5.41 Å². The summed E-state index contributed by atoms with van der Waals surface area (Å²) in [5.41, 5.74) is -0.931. The number of carbonyl (C=O) groups excluding carboxylic acids is 2. The monoisotopic (exact) mass is 356 g/mol. The van der Waals surface area contributed by atoms with Crippen molar-refractivity contribution in [3.8, 4) is 0 Å². The summed E-state index contributed by atoms with van der Waals surface area (Å²) in [5.74, 6) is -0.130. The average molecular weight is 356 g/mol. The summed E-state index contributed by atoms with van der Waals surface area (Å²) in [4.78, 5) is 27.4. The van der Waals surface area contributed by atoms with E-state index in [4.69, 9.17) is 0 Å². The molecule has 0 aromatic rings. The lowest BCUT2D eigenvalue weighted by atomic mass is 9.94. The average Bonchev–Trinajstić information content (AvgIpc) is 3.29. The summed E-state index contributed by atoms with van der Waals surface area (Å²) in [6.45, 7) is 2.31. The first-order chi connectivity index (χ1) is 11.4. The Morgan fingerprint density at radius 3 is 2.29 bits per heavy atom. The largest absolute Gasteiger partial charge is 0.352 e. The number of sulfone groups is 1. The van der Waals surface area contributed by atoms with Gasteiger partial charge in [-0.05, 0) is 39.0 Å². The first-order valence-electron chi connectivity index (χ1n) is 9.20. The second kappa shape index (κ2) is 6.65. The molecule has 1 atom stereocenters. The van der Waals surface area contributed by atoms with E-state index in [1.54, 1.807) is 4.90 Å². The van der Waals surface area contributed by atoms with Crippen molar-refractivity contribution in [3.05, 3.63) is 0 Å². The second-order valence-corrected chi connectivity index (χ2v) is 9.77. The van der Waals surface area contributed by atoms with Crippen LogP contribution in [0.25, 0.3) is 0 Å². The minimum absolute atomic E-state index is 0.0346. The second-order valence-electron chi connectivity index (χ2n) is 7.54. The minimum Gasteiger partial charge on any atom is -0.352 e. The Balaban J connectivity index is 1.66. The summed E-state index contributed by atoms with van der Waals surface area (Å²) in [6, 6.07) is -0.0779. The third-order valence-corrected chi connectivity index (χ3v) is 7.54. The summed E-state index contributed by atoms with van der Waals surface area (Å²) in [6.07, 6.45) is 7.13. The van der Waals surface area contributed by atoms with Crippen molar-refractivity contribution in [2.24, 2.45) is 5.41 Å². The number of nitrogens with one attached hydrogen (secondary N) is 1. The smallest absolute Gasteiger partial charge is 0.238 e. The Bertz CT molecular complexity index is 606. The quantitative estimate of drug-likeness (QED) is 0.752. The first kappa shape index (κ1) is 17.7. The molecule has 2 saturated carbocycles. The molecule has 0 spiro atoms. The molecule has 0 aromatic heterocycles. The van der Waals surface area contributed by atoms with E-state index in [1.807, 2.05) is 6.92 Å². The van der Waals surface area contributed by atoms with E-state index in [0.29, 0.717) is 25.8 Å². The molecule has 3 aliphatic rings. The van der Waals surface area contributed by atoms with Gasteiger partial charge in [-0.15, -0.1) is 0 Å². The van der Waals surface area contributed by atoms with Gasteiger partial charge in [-0.25, -0.2) is 8.42 Å². The normalized spacial score (nSPS) is 28.3. The van der Waals surface area contributed by atoms with E-state index in [2.05, 4.69) is 5.32 Å². The van der Waals surface area contributed by atoms with Gasteiger partial charge in [-0.1, -0.05) is 19.3 Å². The molecule has 1 heterocycles. The van der Waals surface area contributed by atoms with Gasteiger partial charge in [0, 0.05) is 18.6 Å². The maximum atomic E-state index is 13.0. The molecule has 1 unspecified atom stereocenters. The van der Waals surface area contributed by atoms with Gasteiger partial charge >= 0.3 is 0 Å². The molecule has 0 radical (unpaired) electrons. The predicted molar refractivity (Wildman–Crippen MR) is 91.1 cm³/mol. The Kier molecular flexibility index (Phi) is 4.91. The molecule has 0 aromatic carbocycles. The predicted octanol–water partition coefficient (Wildman–Crippen LogP) is 1.25. The molecular formula is C17H28N2O4S. The van der Waals surface area contributed by atoms with Crippen molar-refractivity contribution in [3.63, 3.8) is 0 Å². The zero-order chi connectivity index (χ0) is 17.4. The van der Waals surface area contributed by atoms with E-state index in [-0.39, 0.29) is 35.4 Å². The van der Waals surface area contributed by atoms with Crippen molar-refractivity contribution >= 4 is 21.7 Å². The number of amides is 2. The van der Waals surface area contributed by atoms with Crippen LogP contribution in [0, 0.1) is 5.41 Å². The number of carbonyl (C=O) groups is 2. The SMILES string of the molecule is CCN(C(=O)C1(C(=O)NC2CCCCC2)CC1)C1CCS(=O)(=O)C1. The summed E-state index contributed by atoms with van der Waals surface area (Å²) >= 11 is 0. The van der Waals surface area contributed by atoms with E-state index in [1.165, 1.54) is 6.42 Å². The van der Waals surface area contributed by atoms with Gasteiger partial charge < -0.3 is 10.2 Å². The molecule has 24 heavy (non-hydrogen) atoms. The highest BCUT2D eigenvalue weighted by atomic mass is 32.2. The van der Waals surface area contributed by atoms with Gasteiger partial charge in [-0.2, -0.15) is 0 Å². The van der Waals surface area contributed by atoms with Crippen LogP contribution < -0.4 is 5.32 Å². The number of hydrogen-bond donors (Lipinski definition) is 1. The van der Waals surface area contributed by atoms with Crippen molar-refractivity contribution in [1.29, 1.82) is 0 Å². The Morgan fingerprint density at radius 1 is 1.12 bits per heavy atom. The number of nitrogens with zero attached hydrogens (tertiary/aromatic N) is 1. The van der Waals surface area contributed by atoms with Crippen LogP contribution in [0.15, 0.2) is 0 Å². The fourth-order valence-electron chi connectivity index (χ4n) is 4.10. The summed E-state index contributed by atoms with van der Waals surface area (Å²) in [5, 5.41) is 3.08. The van der Waals surface area contributed by atoms with E-state index in [0.717, 1.165) is 25.7 Å². The Labute approximate surface area is 144 Å². The summed E-state index contributed by atoms with van der Waals surface area (Å²) in [7, 11) is -3.05. The number of rotatable bonds is 5. The standard InChI is InChI=1S/C17H28N2O4S/c1-2-19(14-8-11-24(22,23)12-14)16(21)17(9-10-17)15(20)18-13-6-4-3-5-7-13/h13-14H,2-12H2,1H3,(H,18,20). The molecule has 1 aliphatic heterocycles. The highest BCUT2D eigenvalue weighted by Gasteiger charge is 2.59. The van der Waals surface area contributed by atoms with E-state index in [9.17, 15) is 18.0 Å². The van der Waals surface area contributed by atoms with Crippen LogP contribution in [0.3, 0.4) is 0 Å². The van der Waals surface area contributed by atoms with Gasteiger partial charge in [0.05, 0.1) is 11.5 Å². The highest BCUT2D eigenvalue weighted by molar-refractivity contribution is 7.91. The molecule has 7 heteroatoms. The van der Waals surface area contributed by atoms with Crippen LogP contribution in [0.4, 0.5) is 0 Å². The molecule has 136 valence electrons. The van der Waals surface area contributed by atoms with Crippen LogP contribution in [0.1, 0.15) is 58.3 Å². The van der Waals surface area contributed by atoms with Crippen LogP contribution in [0.5, 0.6) is 0 Å².